The third-order valence-electron chi connectivity index (χ3n) is 2.09. The quantitative estimate of drug-likeness (QED) is 0.479. The van der Waals surface area contributed by atoms with Gasteiger partial charge in [0.05, 0.1) is 6.61 Å². The van der Waals surface area contributed by atoms with Gasteiger partial charge in [-0.2, -0.15) is 0 Å². The Bertz CT molecular complexity index is 171. The van der Waals surface area contributed by atoms with E-state index < -0.39 is 7.60 Å². The number of rotatable bonds is 9. The first-order chi connectivity index (χ1) is 6.62. The van der Waals surface area contributed by atoms with Gasteiger partial charge in [-0.1, -0.05) is 39.5 Å². The summed E-state index contributed by atoms with van der Waals surface area (Å²) in [4.78, 5) is 9.37. The highest BCUT2D eigenvalue weighted by Gasteiger charge is 2.17. The molecular formula is C10H23O3P. The molecule has 0 amide bonds. The smallest absolute Gasteiger partial charge is 0.324 e. The van der Waals surface area contributed by atoms with Crippen LogP contribution in [-0.4, -0.2) is 17.7 Å². The molecule has 4 heteroatoms. The van der Waals surface area contributed by atoms with Crippen molar-refractivity contribution in [1.82, 2.24) is 0 Å². The van der Waals surface area contributed by atoms with Crippen molar-refractivity contribution in [3.05, 3.63) is 0 Å². The minimum absolute atomic E-state index is 0.316. The van der Waals surface area contributed by atoms with Gasteiger partial charge in [0, 0.05) is 6.16 Å². The van der Waals surface area contributed by atoms with E-state index in [4.69, 9.17) is 4.52 Å². The molecule has 1 unspecified atom stereocenters. The molecule has 0 fully saturated rings. The highest BCUT2D eigenvalue weighted by molar-refractivity contribution is 7.52. The molecule has 0 saturated carbocycles. The van der Waals surface area contributed by atoms with Crippen molar-refractivity contribution in [2.75, 3.05) is 12.8 Å². The van der Waals surface area contributed by atoms with Gasteiger partial charge in [-0.25, -0.2) is 0 Å². The largest absolute Gasteiger partial charge is 0.328 e. The Hall–Kier alpha value is 0.150. The molecule has 0 aromatic carbocycles. The molecule has 86 valence electrons. The van der Waals surface area contributed by atoms with Gasteiger partial charge in [0.15, 0.2) is 0 Å². The van der Waals surface area contributed by atoms with Gasteiger partial charge in [-0.05, 0) is 12.8 Å². The van der Waals surface area contributed by atoms with Crippen molar-refractivity contribution >= 4 is 7.60 Å². The Morgan fingerprint density at radius 3 is 2.29 bits per heavy atom. The normalized spacial score (nSPS) is 15.4. The number of unbranched alkanes of at least 4 members (excludes halogenated alkanes) is 4. The zero-order valence-corrected chi connectivity index (χ0v) is 10.3. The van der Waals surface area contributed by atoms with Crippen LogP contribution >= 0.6 is 7.60 Å². The monoisotopic (exact) mass is 222 g/mol. The van der Waals surface area contributed by atoms with Crippen molar-refractivity contribution in [1.29, 1.82) is 0 Å². The second-order valence-electron chi connectivity index (χ2n) is 3.61. The van der Waals surface area contributed by atoms with E-state index in [2.05, 4.69) is 6.92 Å². The van der Waals surface area contributed by atoms with Crippen LogP contribution in [-0.2, 0) is 9.09 Å². The molecule has 0 radical (unpaired) electrons. The SMILES string of the molecule is CCCCCCP(=O)(O)OCCCC. The summed E-state index contributed by atoms with van der Waals surface area (Å²) in [6, 6.07) is 0. The maximum Gasteiger partial charge on any atom is 0.328 e. The van der Waals surface area contributed by atoms with E-state index in [0.29, 0.717) is 12.8 Å². The van der Waals surface area contributed by atoms with Crippen LogP contribution in [0.3, 0.4) is 0 Å². The highest BCUT2D eigenvalue weighted by Crippen LogP contribution is 2.42. The Morgan fingerprint density at radius 1 is 1.07 bits per heavy atom. The first-order valence-corrected chi connectivity index (χ1v) is 7.35. The molecule has 0 aromatic rings. The van der Waals surface area contributed by atoms with Gasteiger partial charge in [0.25, 0.3) is 0 Å². The van der Waals surface area contributed by atoms with Crippen LogP contribution in [0.25, 0.3) is 0 Å². The fraction of sp³-hybridized carbons (Fsp3) is 1.00. The van der Waals surface area contributed by atoms with Gasteiger partial charge in [0.2, 0.25) is 0 Å². The zero-order chi connectivity index (χ0) is 10.9. The summed E-state index contributed by atoms with van der Waals surface area (Å²) in [5.74, 6) is 0. The summed E-state index contributed by atoms with van der Waals surface area (Å²) < 4.78 is 16.3. The summed E-state index contributed by atoms with van der Waals surface area (Å²) >= 11 is 0. The van der Waals surface area contributed by atoms with Crippen molar-refractivity contribution in [2.45, 2.75) is 52.4 Å². The second kappa shape index (κ2) is 8.46. The maximum absolute atomic E-state index is 11.4. The summed E-state index contributed by atoms with van der Waals surface area (Å²) in [6.45, 7) is 4.57. The van der Waals surface area contributed by atoms with E-state index in [9.17, 15) is 9.46 Å². The van der Waals surface area contributed by atoms with Crippen molar-refractivity contribution < 1.29 is 14.0 Å². The van der Waals surface area contributed by atoms with E-state index >= 15 is 0 Å². The Balaban J connectivity index is 3.46. The molecule has 14 heavy (non-hydrogen) atoms. The minimum atomic E-state index is -3.26. The first-order valence-electron chi connectivity index (χ1n) is 5.58. The van der Waals surface area contributed by atoms with Crippen LogP contribution in [0, 0.1) is 0 Å². The van der Waals surface area contributed by atoms with Crippen LogP contribution in [0.4, 0.5) is 0 Å². The molecule has 0 spiro atoms. The third kappa shape index (κ3) is 8.74. The molecule has 0 rings (SSSR count). The van der Waals surface area contributed by atoms with E-state index in [0.717, 1.165) is 38.5 Å². The summed E-state index contributed by atoms with van der Waals surface area (Å²) in [5, 5.41) is 0. The fourth-order valence-electron chi connectivity index (χ4n) is 1.15. The van der Waals surface area contributed by atoms with Crippen LogP contribution in [0.2, 0.25) is 0 Å². The van der Waals surface area contributed by atoms with Crippen molar-refractivity contribution in [3.63, 3.8) is 0 Å². The van der Waals surface area contributed by atoms with E-state index in [1.54, 1.807) is 0 Å². The molecule has 1 N–H and O–H groups in total. The van der Waals surface area contributed by atoms with Crippen molar-refractivity contribution in [2.24, 2.45) is 0 Å². The van der Waals surface area contributed by atoms with Crippen LogP contribution in [0.5, 0.6) is 0 Å². The van der Waals surface area contributed by atoms with Crippen LogP contribution < -0.4 is 0 Å². The average molecular weight is 222 g/mol. The average Bonchev–Trinajstić information content (AvgIpc) is 2.13. The molecule has 0 bridgehead atoms. The Morgan fingerprint density at radius 2 is 1.71 bits per heavy atom. The molecule has 1 atom stereocenters. The van der Waals surface area contributed by atoms with Gasteiger partial charge in [0.1, 0.15) is 0 Å². The van der Waals surface area contributed by atoms with Crippen LogP contribution in [0.1, 0.15) is 52.4 Å². The maximum atomic E-state index is 11.4. The lowest BCUT2D eigenvalue weighted by atomic mass is 10.2. The molecule has 0 aliphatic carbocycles. The lowest BCUT2D eigenvalue weighted by Crippen LogP contribution is -1.97. The minimum Gasteiger partial charge on any atom is -0.324 e. The molecule has 0 heterocycles. The Kier molecular flexibility index (Phi) is 8.55. The lowest BCUT2D eigenvalue weighted by molar-refractivity contribution is 0.254. The van der Waals surface area contributed by atoms with Gasteiger partial charge in [-0.15, -0.1) is 0 Å². The number of hydrogen-bond donors (Lipinski definition) is 1. The topological polar surface area (TPSA) is 46.5 Å². The molecule has 0 aliphatic rings. The first kappa shape index (κ1) is 14.2. The second-order valence-corrected chi connectivity index (χ2v) is 5.59. The third-order valence-corrected chi connectivity index (χ3v) is 3.55. The molecule has 0 aromatic heterocycles. The summed E-state index contributed by atoms with van der Waals surface area (Å²) in [7, 11) is -3.26. The van der Waals surface area contributed by atoms with E-state index in [1.807, 2.05) is 6.92 Å². The predicted octanol–water partition coefficient (Wildman–Crippen LogP) is 3.57. The van der Waals surface area contributed by atoms with E-state index in [1.165, 1.54) is 0 Å². The highest BCUT2D eigenvalue weighted by atomic mass is 31.2. The number of hydrogen-bond acceptors (Lipinski definition) is 2. The van der Waals surface area contributed by atoms with Gasteiger partial charge in [-0.3, -0.25) is 4.57 Å². The summed E-state index contributed by atoms with van der Waals surface area (Å²) in [5.41, 5.74) is 0. The molecule has 3 nitrogen and oxygen atoms in total. The standard InChI is InChI=1S/C10H23O3P/c1-3-5-7-8-10-14(11,12)13-9-6-4-2/h3-10H2,1-2H3,(H,11,12). The molecule has 0 aliphatic heterocycles. The van der Waals surface area contributed by atoms with Crippen LogP contribution in [0.15, 0.2) is 0 Å². The van der Waals surface area contributed by atoms with Crippen molar-refractivity contribution in [3.8, 4) is 0 Å². The van der Waals surface area contributed by atoms with Gasteiger partial charge < -0.3 is 9.42 Å². The zero-order valence-electron chi connectivity index (χ0n) is 9.37. The lowest BCUT2D eigenvalue weighted by Gasteiger charge is -2.11. The summed E-state index contributed by atoms with van der Waals surface area (Å²) in [6.07, 6.45) is 6.28. The Labute approximate surface area is 87.4 Å². The molecular weight excluding hydrogens is 199 g/mol. The molecule has 0 saturated heterocycles. The fourth-order valence-corrected chi connectivity index (χ4v) is 2.32. The predicted molar refractivity (Wildman–Crippen MR) is 59.7 cm³/mol. The van der Waals surface area contributed by atoms with E-state index in [-0.39, 0.29) is 0 Å². The van der Waals surface area contributed by atoms with Gasteiger partial charge >= 0.3 is 7.60 Å².